The van der Waals surface area contributed by atoms with E-state index in [0.717, 1.165) is 40.6 Å². The standard InChI is InChI=1S/C20H24N4S/c1-4-5-7-18-19(21-2)8-6-9-20(18)23-22-16-10-12-17(13-11-16)24(3)14-15-25/h4-13,21,25H,1,14-15H2,2-3H3/p+1/b7-5-,23-22?. The molecule has 25 heavy (non-hydrogen) atoms. The summed E-state index contributed by atoms with van der Waals surface area (Å²) < 4.78 is 0. The van der Waals surface area contributed by atoms with Crippen LogP contribution in [0.1, 0.15) is 5.56 Å². The van der Waals surface area contributed by atoms with Crippen LogP contribution in [0, 0.1) is 0 Å². The van der Waals surface area contributed by atoms with Crippen LogP contribution in [-0.4, -0.2) is 26.4 Å². The van der Waals surface area contributed by atoms with Gasteiger partial charge in [-0.1, -0.05) is 24.8 Å². The SMILES string of the molecule is C=C/C=C\c1c(N=Nc2ccc(N(C)CCS)cc2)cccc1[NH2+]C. The quantitative estimate of drug-likeness (QED) is 0.312. The van der Waals surface area contributed by atoms with Crippen LogP contribution in [0.4, 0.5) is 22.7 Å². The van der Waals surface area contributed by atoms with Gasteiger partial charge in [-0.15, -0.1) is 5.11 Å². The van der Waals surface area contributed by atoms with Gasteiger partial charge < -0.3 is 10.2 Å². The molecule has 0 amide bonds. The smallest absolute Gasteiger partial charge is 0.138 e. The number of thiol groups is 1. The average Bonchev–Trinajstić information content (AvgIpc) is 2.65. The van der Waals surface area contributed by atoms with Crippen LogP contribution in [0.2, 0.25) is 0 Å². The molecule has 0 unspecified atom stereocenters. The van der Waals surface area contributed by atoms with Crippen LogP contribution >= 0.6 is 12.6 Å². The third kappa shape index (κ3) is 5.31. The maximum Gasteiger partial charge on any atom is 0.138 e. The molecule has 4 nitrogen and oxygen atoms in total. The highest BCUT2D eigenvalue weighted by Crippen LogP contribution is 2.28. The van der Waals surface area contributed by atoms with E-state index in [-0.39, 0.29) is 0 Å². The van der Waals surface area contributed by atoms with E-state index in [4.69, 9.17) is 0 Å². The Morgan fingerprint density at radius 3 is 2.56 bits per heavy atom. The van der Waals surface area contributed by atoms with Gasteiger partial charge in [-0.25, -0.2) is 0 Å². The van der Waals surface area contributed by atoms with Crippen LogP contribution in [0.15, 0.2) is 71.4 Å². The van der Waals surface area contributed by atoms with Gasteiger partial charge in [0.15, 0.2) is 0 Å². The zero-order chi connectivity index (χ0) is 18.1. The summed E-state index contributed by atoms with van der Waals surface area (Å²) in [6.07, 6.45) is 5.67. The summed E-state index contributed by atoms with van der Waals surface area (Å²) in [5.74, 6) is 0.823. The maximum absolute atomic E-state index is 4.44. The molecule has 0 heterocycles. The molecule has 0 bridgehead atoms. The van der Waals surface area contributed by atoms with E-state index in [1.807, 2.05) is 55.6 Å². The van der Waals surface area contributed by atoms with E-state index >= 15 is 0 Å². The van der Waals surface area contributed by atoms with Crippen LogP contribution in [0.5, 0.6) is 0 Å². The fourth-order valence-corrected chi connectivity index (χ4v) is 2.72. The second-order valence-corrected chi connectivity index (χ2v) is 5.97. The van der Waals surface area contributed by atoms with E-state index in [9.17, 15) is 0 Å². The van der Waals surface area contributed by atoms with Crippen molar-refractivity contribution in [3.05, 3.63) is 66.8 Å². The Hall–Kier alpha value is -2.37. The number of hydrogen-bond acceptors (Lipinski definition) is 4. The summed E-state index contributed by atoms with van der Waals surface area (Å²) >= 11 is 4.26. The molecule has 0 saturated heterocycles. The number of azo groups is 1. The summed E-state index contributed by atoms with van der Waals surface area (Å²) in [7, 11) is 4.07. The third-order valence-corrected chi connectivity index (χ3v) is 4.03. The molecule has 0 spiro atoms. The fraction of sp³-hybridized carbons (Fsp3) is 0.200. The average molecular weight is 354 g/mol. The van der Waals surface area contributed by atoms with E-state index < -0.39 is 0 Å². The number of hydrogen-bond donors (Lipinski definition) is 2. The summed E-state index contributed by atoms with van der Waals surface area (Å²) in [6.45, 7) is 4.64. The minimum absolute atomic E-state index is 0.823. The highest BCUT2D eigenvalue weighted by Gasteiger charge is 2.07. The van der Waals surface area contributed by atoms with Gasteiger partial charge >= 0.3 is 0 Å². The number of anilines is 1. The van der Waals surface area contributed by atoms with Gasteiger partial charge in [0.25, 0.3) is 0 Å². The van der Waals surface area contributed by atoms with E-state index in [1.165, 1.54) is 0 Å². The van der Waals surface area contributed by atoms with Crippen molar-refractivity contribution in [3.8, 4) is 0 Å². The molecular formula is C20H25N4S+. The molecule has 0 atom stereocenters. The minimum Gasteiger partial charge on any atom is -0.374 e. The van der Waals surface area contributed by atoms with Gasteiger partial charge in [0.1, 0.15) is 5.69 Å². The van der Waals surface area contributed by atoms with E-state index in [2.05, 4.69) is 52.8 Å². The van der Waals surface area contributed by atoms with Crippen molar-refractivity contribution >= 4 is 41.5 Å². The lowest BCUT2D eigenvalue weighted by Gasteiger charge is -2.17. The zero-order valence-corrected chi connectivity index (χ0v) is 15.7. The molecular weight excluding hydrogens is 328 g/mol. The Labute approximate surface area is 155 Å². The molecule has 2 aromatic carbocycles. The molecule has 0 aliphatic rings. The predicted molar refractivity (Wildman–Crippen MR) is 111 cm³/mol. The van der Waals surface area contributed by atoms with Crippen molar-refractivity contribution in [1.82, 2.24) is 0 Å². The van der Waals surface area contributed by atoms with E-state index in [0.29, 0.717) is 0 Å². The molecule has 0 fully saturated rings. The van der Waals surface area contributed by atoms with Crippen molar-refractivity contribution < 1.29 is 5.32 Å². The van der Waals surface area contributed by atoms with Gasteiger partial charge in [0.05, 0.1) is 24.0 Å². The number of rotatable bonds is 8. The van der Waals surface area contributed by atoms with Gasteiger partial charge in [-0.3, -0.25) is 0 Å². The van der Waals surface area contributed by atoms with Gasteiger partial charge in [0.2, 0.25) is 0 Å². The monoisotopic (exact) mass is 353 g/mol. The van der Waals surface area contributed by atoms with E-state index in [1.54, 1.807) is 6.08 Å². The van der Waals surface area contributed by atoms with Crippen LogP contribution in [0.25, 0.3) is 6.08 Å². The van der Waals surface area contributed by atoms with Crippen molar-refractivity contribution in [2.45, 2.75) is 0 Å². The molecule has 0 radical (unpaired) electrons. The first kappa shape index (κ1) is 19.0. The summed E-state index contributed by atoms with van der Waals surface area (Å²) in [5.41, 5.74) is 4.97. The molecule has 0 aliphatic heterocycles. The number of nitrogens with two attached hydrogens (primary N) is 1. The Morgan fingerprint density at radius 2 is 1.92 bits per heavy atom. The Kier molecular flexibility index (Phi) is 7.44. The Morgan fingerprint density at radius 1 is 1.16 bits per heavy atom. The second-order valence-electron chi connectivity index (χ2n) is 5.53. The van der Waals surface area contributed by atoms with Crippen LogP contribution in [-0.2, 0) is 0 Å². The number of allylic oxidation sites excluding steroid dienone is 2. The molecule has 2 aromatic rings. The maximum atomic E-state index is 4.44. The van der Waals surface area contributed by atoms with Gasteiger partial charge in [0, 0.05) is 25.0 Å². The van der Waals surface area contributed by atoms with Gasteiger partial charge in [-0.2, -0.15) is 17.7 Å². The summed E-state index contributed by atoms with van der Waals surface area (Å²) in [4.78, 5) is 2.16. The summed E-state index contributed by atoms with van der Waals surface area (Å²) in [6, 6.07) is 14.1. The molecule has 0 aromatic heterocycles. The lowest BCUT2D eigenvalue weighted by Crippen LogP contribution is -2.73. The molecule has 2 rings (SSSR count). The lowest BCUT2D eigenvalue weighted by atomic mass is 10.1. The first-order chi connectivity index (χ1) is 12.2. The van der Waals surface area contributed by atoms with Crippen LogP contribution in [0.3, 0.4) is 0 Å². The topological polar surface area (TPSA) is 44.6 Å². The highest BCUT2D eigenvalue weighted by molar-refractivity contribution is 7.80. The largest absolute Gasteiger partial charge is 0.374 e. The first-order valence-corrected chi connectivity index (χ1v) is 8.88. The number of benzene rings is 2. The summed E-state index contributed by atoms with van der Waals surface area (Å²) in [5, 5.41) is 10.9. The predicted octanol–water partition coefficient (Wildman–Crippen LogP) is 4.49. The molecule has 0 aliphatic carbocycles. The molecule has 130 valence electrons. The first-order valence-electron chi connectivity index (χ1n) is 8.25. The molecule has 2 N–H and O–H groups in total. The lowest BCUT2D eigenvalue weighted by molar-refractivity contribution is -0.539. The van der Waals surface area contributed by atoms with Crippen molar-refractivity contribution in [2.24, 2.45) is 10.2 Å². The van der Waals surface area contributed by atoms with Gasteiger partial charge in [-0.05, 0) is 42.5 Å². The molecule has 5 heteroatoms. The van der Waals surface area contributed by atoms with Crippen LogP contribution < -0.4 is 10.2 Å². The van der Waals surface area contributed by atoms with Crippen molar-refractivity contribution in [3.63, 3.8) is 0 Å². The zero-order valence-electron chi connectivity index (χ0n) is 14.8. The Bertz CT molecular complexity index is 751. The minimum atomic E-state index is 0.823. The van der Waals surface area contributed by atoms with Crippen molar-refractivity contribution in [1.29, 1.82) is 0 Å². The highest BCUT2D eigenvalue weighted by atomic mass is 32.1. The third-order valence-electron chi connectivity index (χ3n) is 3.83. The number of nitrogens with zero attached hydrogens (tertiary/aromatic N) is 3. The fourth-order valence-electron chi connectivity index (χ4n) is 2.42. The second kappa shape index (κ2) is 9.81. The van der Waals surface area contributed by atoms with Crippen molar-refractivity contribution in [2.75, 3.05) is 31.3 Å². The number of quaternary nitrogens is 1. The Balaban J connectivity index is 2.24. The normalized spacial score (nSPS) is 11.3. The molecule has 0 saturated carbocycles.